The number of fused-ring (bicyclic) bond motifs is 7. The molecule has 10 aromatic carbocycles. The van der Waals surface area contributed by atoms with Crippen molar-refractivity contribution >= 4 is 43.9 Å². The van der Waals surface area contributed by atoms with Gasteiger partial charge >= 0.3 is 0 Å². The molecule has 61 heavy (non-hydrogen) atoms. The van der Waals surface area contributed by atoms with Crippen LogP contribution in [-0.2, 0) is 11.8 Å². The maximum Gasteiger partial charge on any atom is 0.131 e. The molecule has 0 aliphatic heterocycles. The first-order chi connectivity index (χ1) is 30.2. The predicted molar refractivity (Wildman–Crippen MR) is 257 cm³/mol. The Labute approximate surface area is 356 Å². The Hall–Kier alpha value is -7.81. The lowest BCUT2D eigenvalue weighted by Crippen LogP contribution is -2.28. The van der Waals surface area contributed by atoms with Crippen molar-refractivity contribution in [1.82, 2.24) is 0 Å². The molecule has 10 aromatic rings. The Morgan fingerprint density at radius 1 is 0.459 bits per heavy atom. The highest BCUT2D eigenvalue weighted by molar-refractivity contribution is 6.07. The van der Waals surface area contributed by atoms with Crippen LogP contribution < -0.4 is 5.73 Å². The molecule has 0 aromatic heterocycles. The van der Waals surface area contributed by atoms with Crippen LogP contribution in [0.1, 0.15) is 38.9 Å². The number of rotatable bonds is 8. The lowest BCUT2D eigenvalue weighted by molar-refractivity contribution is 0.775. The molecule has 0 bridgehead atoms. The summed E-state index contributed by atoms with van der Waals surface area (Å²) in [5.74, 6) is 0.489. The highest BCUT2D eigenvalue weighted by Gasteiger charge is 2.47. The lowest BCUT2D eigenvalue weighted by Gasteiger charge is -2.34. The van der Waals surface area contributed by atoms with Crippen LogP contribution in [0.2, 0.25) is 0 Å². The summed E-state index contributed by atoms with van der Waals surface area (Å²) in [6, 6.07) is 81.1. The number of benzene rings is 10. The molecule has 0 heterocycles. The van der Waals surface area contributed by atoms with Crippen molar-refractivity contribution in [3.05, 3.63) is 269 Å². The molecule has 0 amide bonds. The van der Waals surface area contributed by atoms with Gasteiger partial charge in [-0.1, -0.05) is 224 Å². The van der Waals surface area contributed by atoms with Gasteiger partial charge in [0.05, 0.1) is 11.1 Å². The summed E-state index contributed by atoms with van der Waals surface area (Å²) in [6.07, 6.45) is 2.95. The van der Waals surface area contributed by atoms with Crippen LogP contribution in [0.15, 0.2) is 236 Å². The fraction of sp³-hybridized carbons (Fsp3) is 0.0339. The van der Waals surface area contributed by atoms with Crippen LogP contribution in [0.4, 0.5) is 0 Å². The molecule has 2 nitrogen and oxygen atoms in total. The van der Waals surface area contributed by atoms with Gasteiger partial charge < -0.3 is 5.73 Å². The molecule has 2 heteroatoms. The molecule has 11 rings (SSSR count). The predicted octanol–water partition coefficient (Wildman–Crippen LogP) is 14.2. The van der Waals surface area contributed by atoms with Crippen LogP contribution in [0.3, 0.4) is 0 Å². The molecule has 0 radical (unpaired) electrons. The molecule has 1 aliphatic rings. The van der Waals surface area contributed by atoms with Crippen molar-refractivity contribution < 1.29 is 0 Å². The van der Waals surface area contributed by atoms with E-state index in [9.17, 15) is 0 Å². The molecular weight excluding hydrogens is 737 g/mol. The van der Waals surface area contributed by atoms with Crippen molar-refractivity contribution in [2.24, 2.45) is 10.7 Å². The minimum absolute atomic E-state index is 0.489. The minimum atomic E-state index is -0.501. The molecule has 0 saturated heterocycles. The van der Waals surface area contributed by atoms with E-state index < -0.39 is 5.41 Å². The van der Waals surface area contributed by atoms with E-state index in [-0.39, 0.29) is 0 Å². The summed E-state index contributed by atoms with van der Waals surface area (Å²) in [7, 11) is 0. The number of nitrogens with zero attached hydrogens (tertiary/aromatic N) is 1. The molecule has 2 N–H and O–H groups in total. The fourth-order valence-electron chi connectivity index (χ4n) is 9.91. The normalized spacial score (nSPS) is 13.4. The van der Waals surface area contributed by atoms with Gasteiger partial charge in [-0.05, 0) is 94.9 Å². The molecular formula is C59H42N2. The van der Waals surface area contributed by atoms with Crippen LogP contribution in [-0.4, -0.2) is 5.84 Å². The third-order valence-corrected chi connectivity index (χ3v) is 12.6. The monoisotopic (exact) mass is 778 g/mol. The van der Waals surface area contributed by atoms with Gasteiger partial charge in [-0.15, -0.1) is 0 Å². The van der Waals surface area contributed by atoms with Gasteiger partial charge in [-0.2, -0.15) is 0 Å². The number of allylic oxidation sites excluding steroid dienone is 1. The van der Waals surface area contributed by atoms with E-state index in [4.69, 9.17) is 10.7 Å². The smallest absolute Gasteiger partial charge is 0.131 e. The van der Waals surface area contributed by atoms with Crippen molar-refractivity contribution in [3.8, 4) is 22.3 Å². The number of amidine groups is 1. The van der Waals surface area contributed by atoms with Crippen LogP contribution in [0, 0.1) is 0 Å². The third kappa shape index (κ3) is 6.07. The highest BCUT2D eigenvalue weighted by Crippen LogP contribution is 2.58. The van der Waals surface area contributed by atoms with Gasteiger partial charge in [0.15, 0.2) is 0 Å². The molecule has 0 fully saturated rings. The van der Waals surface area contributed by atoms with E-state index in [2.05, 4.69) is 200 Å². The average Bonchev–Trinajstić information content (AvgIpc) is 3.64. The van der Waals surface area contributed by atoms with Crippen molar-refractivity contribution in [1.29, 1.82) is 0 Å². The summed E-state index contributed by atoms with van der Waals surface area (Å²) >= 11 is 0. The first-order valence-electron chi connectivity index (χ1n) is 21.1. The largest absolute Gasteiger partial charge is 0.383 e. The van der Waals surface area contributed by atoms with Gasteiger partial charge in [0.25, 0.3) is 0 Å². The van der Waals surface area contributed by atoms with Gasteiger partial charge in [0, 0.05) is 11.1 Å². The highest BCUT2D eigenvalue weighted by atomic mass is 14.9. The van der Waals surface area contributed by atoms with Crippen molar-refractivity contribution in [2.45, 2.75) is 11.8 Å². The Balaban J connectivity index is 1.11. The van der Waals surface area contributed by atoms with Crippen LogP contribution in [0.25, 0.3) is 60.3 Å². The van der Waals surface area contributed by atoms with E-state index in [0.29, 0.717) is 12.3 Å². The number of aliphatic imine (C=N–C) groups is 1. The topological polar surface area (TPSA) is 38.4 Å². The molecule has 0 saturated carbocycles. The summed E-state index contributed by atoms with van der Waals surface area (Å²) in [5.41, 5.74) is 20.4. The summed E-state index contributed by atoms with van der Waals surface area (Å²) in [4.78, 5) is 5.19. The first kappa shape index (κ1) is 36.3. The third-order valence-electron chi connectivity index (χ3n) is 12.6. The Bertz CT molecular complexity index is 3280. The second-order valence-electron chi connectivity index (χ2n) is 16.0. The second kappa shape index (κ2) is 15.1. The summed E-state index contributed by atoms with van der Waals surface area (Å²) < 4.78 is 0. The van der Waals surface area contributed by atoms with Crippen molar-refractivity contribution in [3.63, 3.8) is 0 Å². The average molecular weight is 779 g/mol. The molecule has 1 aliphatic carbocycles. The number of hydrogen-bond donors (Lipinski definition) is 1. The van der Waals surface area contributed by atoms with Gasteiger partial charge in [0.1, 0.15) is 5.84 Å². The van der Waals surface area contributed by atoms with E-state index in [1.165, 1.54) is 77.0 Å². The second-order valence-corrected chi connectivity index (χ2v) is 16.0. The van der Waals surface area contributed by atoms with E-state index in [0.717, 1.165) is 22.2 Å². The molecule has 288 valence electrons. The maximum atomic E-state index is 6.80. The van der Waals surface area contributed by atoms with Gasteiger partial charge in [0.2, 0.25) is 0 Å². The molecule has 0 atom stereocenters. The van der Waals surface area contributed by atoms with E-state index in [1.807, 2.05) is 30.3 Å². The van der Waals surface area contributed by atoms with E-state index in [1.54, 1.807) is 0 Å². The zero-order chi connectivity index (χ0) is 40.8. The molecule has 0 spiro atoms. The van der Waals surface area contributed by atoms with E-state index >= 15 is 0 Å². The van der Waals surface area contributed by atoms with Gasteiger partial charge in [-0.3, -0.25) is 0 Å². The maximum absolute atomic E-state index is 6.80. The Morgan fingerprint density at radius 2 is 1.03 bits per heavy atom. The SMILES string of the molecule is NC(=N/C(=C\Cc1cccc2ccccc12)c1ccc(-c2ccc3c(c2)-c2ccc4ccccc4c2C3(c2ccccc2)c2ccccc2)c2ccccc12)c1ccccc1. The van der Waals surface area contributed by atoms with Crippen LogP contribution >= 0.6 is 0 Å². The quantitative estimate of drug-likeness (QED) is 0.121. The zero-order valence-corrected chi connectivity index (χ0v) is 33.7. The number of hydrogen-bond acceptors (Lipinski definition) is 1. The van der Waals surface area contributed by atoms with Crippen molar-refractivity contribution in [2.75, 3.05) is 0 Å². The summed E-state index contributed by atoms with van der Waals surface area (Å²) in [5, 5.41) is 7.29. The Kier molecular flexibility index (Phi) is 8.98. The molecule has 0 unspecified atom stereocenters. The Morgan fingerprint density at radius 3 is 1.75 bits per heavy atom. The summed E-state index contributed by atoms with van der Waals surface area (Å²) in [6.45, 7) is 0. The number of nitrogens with two attached hydrogens (primary N) is 1. The minimum Gasteiger partial charge on any atom is -0.383 e. The fourth-order valence-corrected chi connectivity index (χ4v) is 9.91. The van der Waals surface area contributed by atoms with Gasteiger partial charge in [-0.25, -0.2) is 4.99 Å². The zero-order valence-electron chi connectivity index (χ0n) is 33.7. The van der Waals surface area contributed by atoms with Crippen LogP contribution in [0.5, 0.6) is 0 Å². The lowest BCUT2D eigenvalue weighted by atomic mass is 9.66. The standard InChI is InChI=1S/C59H42N2/c60-58(43-19-4-1-5-20-43)61-56(38-33-41-22-16-21-40-17-10-12-27-47(40)41)52-36-35-48(50-29-14-15-30-51(50)52)44-32-37-55-54(39-44)53-34-31-42-18-11-13-28-49(42)57(53)59(55,45-23-6-2-7-24-45)46-25-8-3-9-26-46/h1-32,34-39H,33H2,(H2,60,61)/b56-38-. The first-order valence-corrected chi connectivity index (χ1v) is 21.1.